The van der Waals surface area contributed by atoms with Crippen molar-refractivity contribution in [1.82, 2.24) is 0 Å². The van der Waals surface area contributed by atoms with Crippen LogP contribution in [0.2, 0.25) is 0 Å². The van der Waals surface area contributed by atoms with E-state index < -0.39 is 29.2 Å². The van der Waals surface area contributed by atoms with Crippen LogP contribution in [0.1, 0.15) is 0 Å². The quantitative estimate of drug-likeness (QED) is 0.617. The first-order valence-electron chi connectivity index (χ1n) is 5.71. The highest BCUT2D eigenvalue weighted by Gasteiger charge is 2.53. The number of hydrogen-bond acceptors (Lipinski definition) is 7. The lowest BCUT2D eigenvalue weighted by Crippen LogP contribution is -2.56. The molecule has 0 saturated heterocycles. The summed E-state index contributed by atoms with van der Waals surface area (Å²) < 4.78 is 59.5. The Kier molecular flexibility index (Phi) is 6.58. The van der Waals surface area contributed by atoms with E-state index in [1.807, 2.05) is 0 Å². The van der Waals surface area contributed by atoms with Gasteiger partial charge in [-0.3, -0.25) is 0 Å². The van der Waals surface area contributed by atoms with Crippen molar-refractivity contribution in [3.8, 4) is 0 Å². The first-order chi connectivity index (χ1) is 9.91. The van der Waals surface area contributed by atoms with E-state index in [1.54, 1.807) is 0 Å². The van der Waals surface area contributed by atoms with Crippen molar-refractivity contribution in [3.05, 3.63) is 11.6 Å². The minimum Gasteiger partial charge on any atom is -0.373 e. The molecule has 1 heterocycles. The molecule has 0 spiro atoms. The normalized spacial score (nSPS) is 13.0. The predicted octanol–water partition coefficient (Wildman–Crippen LogP) is 0.196. The Morgan fingerprint density at radius 1 is 0.619 bits per heavy atom. The summed E-state index contributed by atoms with van der Waals surface area (Å²) >= 11 is 0.771. The zero-order valence-corrected chi connectivity index (χ0v) is 15.4. The van der Waals surface area contributed by atoms with Gasteiger partial charge in [-0.2, -0.15) is 0 Å². The van der Waals surface area contributed by atoms with Gasteiger partial charge in [0.15, 0.2) is 11.6 Å². The summed E-state index contributed by atoms with van der Waals surface area (Å²) in [6.07, 6.45) is 0. The third-order valence-corrected chi connectivity index (χ3v) is 10.6. The van der Waals surface area contributed by atoms with Gasteiger partial charge < -0.3 is 26.6 Å². The van der Waals surface area contributed by atoms with Crippen LogP contribution < -0.4 is 9.00 Å². The second-order valence-corrected chi connectivity index (χ2v) is 11.1. The molecule has 0 unspecified atom stereocenters. The molecule has 21 heavy (non-hydrogen) atoms. The van der Waals surface area contributed by atoms with Gasteiger partial charge in [0.05, 0.1) is 0 Å². The molecular formula is C10H18F2O6SSi2. The van der Waals surface area contributed by atoms with Crippen LogP contribution in [-0.2, 0) is 26.6 Å². The molecule has 122 valence electrons. The van der Waals surface area contributed by atoms with Crippen LogP contribution in [0.25, 0.3) is 0 Å². The Morgan fingerprint density at radius 2 is 0.857 bits per heavy atom. The zero-order valence-electron chi connectivity index (χ0n) is 12.6. The van der Waals surface area contributed by atoms with Gasteiger partial charge in [0, 0.05) is 42.7 Å². The van der Waals surface area contributed by atoms with Crippen molar-refractivity contribution >= 4 is 37.9 Å². The van der Waals surface area contributed by atoms with Gasteiger partial charge in [-0.25, -0.2) is 8.78 Å². The highest BCUT2D eigenvalue weighted by atomic mass is 32.1. The van der Waals surface area contributed by atoms with Crippen LogP contribution in [0.4, 0.5) is 8.78 Å². The molecule has 0 aliphatic rings. The van der Waals surface area contributed by atoms with Crippen LogP contribution in [0.5, 0.6) is 0 Å². The van der Waals surface area contributed by atoms with Crippen molar-refractivity contribution in [1.29, 1.82) is 0 Å². The third kappa shape index (κ3) is 2.97. The SMILES string of the molecule is CO[Si](OC)(OC)c1sc([Si](OC)(OC)OC)c(F)c1F. The second kappa shape index (κ2) is 7.35. The van der Waals surface area contributed by atoms with Crippen LogP contribution in [0, 0.1) is 11.6 Å². The van der Waals surface area contributed by atoms with E-state index in [0.717, 1.165) is 11.3 Å². The Morgan fingerprint density at radius 3 is 1.05 bits per heavy atom. The second-order valence-electron chi connectivity index (χ2n) is 3.73. The van der Waals surface area contributed by atoms with E-state index in [1.165, 1.54) is 42.7 Å². The molecule has 0 atom stereocenters. The molecule has 1 rings (SSSR count). The summed E-state index contributed by atoms with van der Waals surface area (Å²) in [5.41, 5.74) is 0. The highest BCUT2D eigenvalue weighted by molar-refractivity contribution is 7.32. The Labute approximate surface area is 128 Å². The molecule has 0 N–H and O–H groups in total. The molecule has 11 heteroatoms. The number of rotatable bonds is 8. The number of halogens is 2. The highest BCUT2D eigenvalue weighted by Crippen LogP contribution is 2.20. The van der Waals surface area contributed by atoms with Crippen molar-refractivity contribution in [2.45, 2.75) is 0 Å². The topological polar surface area (TPSA) is 55.4 Å². The van der Waals surface area contributed by atoms with Crippen molar-refractivity contribution in [2.24, 2.45) is 0 Å². The van der Waals surface area contributed by atoms with Crippen LogP contribution in [0.3, 0.4) is 0 Å². The maximum atomic E-state index is 14.3. The van der Waals surface area contributed by atoms with Gasteiger partial charge in [-0.1, -0.05) is 0 Å². The molecule has 0 aromatic carbocycles. The summed E-state index contributed by atoms with van der Waals surface area (Å²) in [6, 6.07) is 0. The van der Waals surface area contributed by atoms with Crippen LogP contribution in [-0.4, -0.2) is 60.3 Å². The molecule has 0 fully saturated rings. The molecule has 1 aromatic heterocycles. The molecule has 0 radical (unpaired) electrons. The van der Waals surface area contributed by atoms with Gasteiger partial charge in [0.1, 0.15) is 9.00 Å². The van der Waals surface area contributed by atoms with Gasteiger partial charge in [0.25, 0.3) is 0 Å². The molecule has 0 aliphatic carbocycles. The van der Waals surface area contributed by atoms with E-state index in [2.05, 4.69) is 0 Å². The zero-order chi connectivity index (χ0) is 16.3. The molecule has 0 bridgehead atoms. The van der Waals surface area contributed by atoms with Gasteiger partial charge >= 0.3 is 17.6 Å². The maximum Gasteiger partial charge on any atom is 0.550 e. The van der Waals surface area contributed by atoms with Crippen molar-refractivity contribution < 1.29 is 35.3 Å². The van der Waals surface area contributed by atoms with Crippen LogP contribution in [0.15, 0.2) is 0 Å². The number of thiophene rings is 1. The van der Waals surface area contributed by atoms with Gasteiger partial charge in [0.2, 0.25) is 0 Å². The summed E-state index contributed by atoms with van der Waals surface area (Å²) in [7, 11) is 0.842. The molecular weight excluding hydrogens is 342 g/mol. The van der Waals surface area contributed by atoms with Crippen LogP contribution >= 0.6 is 11.3 Å². The summed E-state index contributed by atoms with van der Waals surface area (Å²) in [4.78, 5) is 0. The summed E-state index contributed by atoms with van der Waals surface area (Å²) in [5.74, 6) is -2.20. The van der Waals surface area contributed by atoms with Crippen molar-refractivity contribution in [3.63, 3.8) is 0 Å². The Hall–Kier alpha value is -0.246. The lowest BCUT2D eigenvalue weighted by Gasteiger charge is -2.24. The first-order valence-corrected chi connectivity index (χ1v) is 9.98. The van der Waals surface area contributed by atoms with Crippen molar-refractivity contribution in [2.75, 3.05) is 42.7 Å². The number of hydrogen-bond donors (Lipinski definition) is 0. The smallest absolute Gasteiger partial charge is 0.373 e. The van der Waals surface area contributed by atoms with E-state index in [4.69, 9.17) is 26.6 Å². The lowest BCUT2D eigenvalue weighted by molar-refractivity contribution is 0.139. The predicted molar refractivity (Wildman–Crippen MR) is 77.1 cm³/mol. The van der Waals surface area contributed by atoms with Gasteiger partial charge in [-0.15, -0.1) is 11.3 Å². The molecule has 1 aromatic rings. The maximum absolute atomic E-state index is 14.3. The molecule has 0 aliphatic heterocycles. The van der Waals surface area contributed by atoms with E-state index in [-0.39, 0.29) is 9.00 Å². The molecule has 6 nitrogen and oxygen atoms in total. The Bertz CT molecular complexity index is 421. The minimum atomic E-state index is -3.51. The summed E-state index contributed by atoms with van der Waals surface area (Å²) in [5, 5.41) is 0. The van der Waals surface area contributed by atoms with E-state index >= 15 is 0 Å². The Balaban J connectivity index is 3.52. The average molecular weight is 360 g/mol. The monoisotopic (exact) mass is 360 g/mol. The fraction of sp³-hybridized carbons (Fsp3) is 0.600. The molecule has 0 amide bonds. The third-order valence-electron chi connectivity index (χ3n) is 2.96. The average Bonchev–Trinajstić information content (AvgIpc) is 2.82. The van der Waals surface area contributed by atoms with Gasteiger partial charge in [-0.05, 0) is 0 Å². The van der Waals surface area contributed by atoms with E-state index in [0.29, 0.717) is 0 Å². The molecule has 0 saturated carbocycles. The summed E-state index contributed by atoms with van der Waals surface area (Å²) in [6.45, 7) is 0. The first kappa shape index (κ1) is 18.8. The fourth-order valence-electron chi connectivity index (χ4n) is 1.84. The largest absolute Gasteiger partial charge is 0.550 e. The minimum absolute atomic E-state index is 0.0921. The van der Waals surface area contributed by atoms with E-state index in [9.17, 15) is 8.78 Å². The standard InChI is InChI=1S/C10H18F2O6SSi2/c1-13-20(14-2,15-3)9-7(11)8(12)10(19-9)21(16-4,17-5)18-6/h1-6H3. The lowest BCUT2D eigenvalue weighted by atomic mass is 10.6. The fourth-order valence-corrected chi connectivity index (χ4v) is 8.69.